The van der Waals surface area contributed by atoms with E-state index in [0.717, 1.165) is 11.5 Å². The first kappa shape index (κ1) is 7.58. The van der Waals surface area contributed by atoms with Crippen LogP contribution in [0.4, 0.5) is 0 Å². The fourth-order valence-corrected chi connectivity index (χ4v) is 0.853. The first-order valence-corrected chi connectivity index (χ1v) is 3.63. The zero-order valence-corrected chi connectivity index (χ0v) is 5.58. The summed E-state index contributed by atoms with van der Waals surface area (Å²) >= 11 is 1.74. The second-order valence-electron chi connectivity index (χ2n) is 1.27. The maximum absolute atomic E-state index is 8.08. The Morgan fingerprint density at radius 3 is 3.00 bits per heavy atom. The molecule has 0 amide bonds. The molecule has 0 unspecified atom stereocenters. The predicted octanol–water partition coefficient (Wildman–Crippen LogP) is 1.82. The average Bonchev–Trinajstić information content (AvgIpc) is 1.81. The Morgan fingerprint density at radius 2 is 2.50 bits per heavy atom. The molecule has 0 radical (unpaired) electrons. The summed E-state index contributed by atoms with van der Waals surface area (Å²) in [4.78, 5) is 0. The van der Waals surface area contributed by atoms with E-state index in [0.29, 0.717) is 6.42 Å². The molecule has 0 fully saturated rings. The van der Waals surface area contributed by atoms with Crippen LogP contribution in [0.3, 0.4) is 0 Å². The minimum Gasteiger partial charge on any atom is -0.198 e. The Kier molecular flexibility index (Phi) is 6.23. The fraction of sp³-hybridized carbons (Fsp3) is 0.500. The summed E-state index contributed by atoms with van der Waals surface area (Å²) in [6, 6.07) is 2.07. The Hall–Kier alpha value is -0.420. The number of thioether (sulfide) groups is 1. The molecule has 0 aromatic carbocycles. The molecule has 0 heterocycles. The third-order valence-corrected chi connectivity index (χ3v) is 1.56. The molecular formula is C6H9NS. The van der Waals surface area contributed by atoms with Gasteiger partial charge < -0.3 is 0 Å². The van der Waals surface area contributed by atoms with Gasteiger partial charge in [0.1, 0.15) is 0 Å². The van der Waals surface area contributed by atoms with E-state index in [9.17, 15) is 0 Å². The molecule has 0 N–H and O–H groups in total. The van der Waals surface area contributed by atoms with Gasteiger partial charge in [0.25, 0.3) is 0 Å². The van der Waals surface area contributed by atoms with Crippen molar-refractivity contribution in [2.45, 2.75) is 6.42 Å². The Labute approximate surface area is 54.4 Å². The summed E-state index contributed by atoms with van der Waals surface area (Å²) in [5.41, 5.74) is 0. The Bertz CT molecular complexity index is 93.2. The lowest BCUT2D eigenvalue weighted by Gasteiger charge is -1.87. The molecule has 0 spiro atoms. The molecular weight excluding hydrogens is 118 g/mol. The van der Waals surface area contributed by atoms with Crippen molar-refractivity contribution in [1.82, 2.24) is 0 Å². The van der Waals surface area contributed by atoms with E-state index in [4.69, 9.17) is 5.26 Å². The average molecular weight is 127 g/mol. The van der Waals surface area contributed by atoms with Gasteiger partial charge in [-0.2, -0.15) is 17.0 Å². The van der Waals surface area contributed by atoms with Crippen molar-refractivity contribution in [3.05, 3.63) is 12.7 Å². The highest BCUT2D eigenvalue weighted by molar-refractivity contribution is 7.99. The second-order valence-corrected chi connectivity index (χ2v) is 2.42. The van der Waals surface area contributed by atoms with E-state index in [-0.39, 0.29) is 0 Å². The molecule has 1 nitrogen and oxygen atoms in total. The van der Waals surface area contributed by atoms with E-state index < -0.39 is 0 Å². The maximum Gasteiger partial charge on any atom is 0.0630 e. The van der Waals surface area contributed by atoms with E-state index in [1.54, 1.807) is 11.8 Å². The number of nitriles is 1. The molecule has 0 aliphatic heterocycles. The molecule has 8 heavy (non-hydrogen) atoms. The summed E-state index contributed by atoms with van der Waals surface area (Å²) in [7, 11) is 0. The summed E-state index contributed by atoms with van der Waals surface area (Å²) in [6.07, 6.45) is 2.50. The first-order valence-electron chi connectivity index (χ1n) is 2.47. The van der Waals surface area contributed by atoms with Crippen LogP contribution in [0.25, 0.3) is 0 Å². The van der Waals surface area contributed by atoms with Gasteiger partial charge >= 0.3 is 0 Å². The molecule has 44 valence electrons. The topological polar surface area (TPSA) is 23.8 Å². The van der Waals surface area contributed by atoms with Gasteiger partial charge in [-0.3, -0.25) is 0 Å². The summed E-state index contributed by atoms with van der Waals surface area (Å²) < 4.78 is 0. The third kappa shape index (κ3) is 5.58. The van der Waals surface area contributed by atoms with Gasteiger partial charge in [-0.05, 0) is 0 Å². The number of hydrogen-bond acceptors (Lipinski definition) is 2. The van der Waals surface area contributed by atoms with Gasteiger partial charge in [0.05, 0.1) is 6.07 Å². The van der Waals surface area contributed by atoms with Crippen molar-refractivity contribution in [3.8, 4) is 6.07 Å². The SMILES string of the molecule is C=CCSCCC#N. The van der Waals surface area contributed by atoms with E-state index in [2.05, 4.69) is 12.6 Å². The summed E-state index contributed by atoms with van der Waals surface area (Å²) in [5.74, 6) is 1.89. The van der Waals surface area contributed by atoms with Gasteiger partial charge in [0, 0.05) is 17.9 Å². The van der Waals surface area contributed by atoms with Gasteiger partial charge in [0.15, 0.2) is 0 Å². The number of rotatable bonds is 4. The van der Waals surface area contributed by atoms with Crippen LogP contribution in [0, 0.1) is 11.3 Å². The van der Waals surface area contributed by atoms with Gasteiger partial charge in [0.2, 0.25) is 0 Å². The minimum absolute atomic E-state index is 0.651. The van der Waals surface area contributed by atoms with Crippen LogP contribution < -0.4 is 0 Å². The molecule has 0 rings (SSSR count). The van der Waals surface area contributed by atoms with E-state index >= 15 is 0 Å². The van der Waals surface area contributed by atoms with E-state index in [1.165, 1.54) is 0 Å². The Balaban J connectivity index is 2.74. The van der Waals surface area contributed by atoms with Crippen molar-refractivity contribution in [2.24, 2.45) is 0 Å². The number of hydrogen-bond donors (Lipinski definition) is 0. The second kappa shape index (κ2) is 6.58. The van der Waals surface area contributed by atoms with Crippen molar-refractivity contribution >= 4 is 11.8 Å². The summed E-state index contributed by atoms with van der Waals surface area (Å²) in [6.45, 7) is 3.55. The monoisotopic (exact) mass is 127 g/mol. The molecule has 2 heteroatoms. The van der Waals surface area contributed by atoms with Crippen LogP contribution in [0.5, 0.6) is 0 Å². The predicted molar refractivity (Wildman–Crippen MR) is 37.8 cm³/mol. The number of nitrogens with zero attached hydrogens (tertiary/aromatic N) is 1. The normalized spacial score (nSPS) is 7.88. The van der Waals surface area contributed by atoms with Crippen molar-refractivity contribution in [3.63, 3.8) is 0 Å². The highest BCUT2D eigenvalue weighted by Gasteiger charge is 1.81. The molecule has 0 bridgehead atoms. The van der Waals surface area contributed by atoms with Gasteiger partial charge in [-0.15, -0.1) is 6.58 Å². The zero-order valence-electron chi connectivity index (χ0n) is 4.76. The standard InChI is InChI=1S/C6H9NS/c1-2-5-8-6-3-4-7/h2H,1,3,5-6H2. The third-order valence-electron chi connectivity index (χ3n) is 0.594. The fourth-order valence-electron chi connectivity index (χ4n) is 0.284. The van der Waals surface area contributed by atoms with Crippen molar-refractivity contribution in [2.75, 3.05) is 11.5 Å². The molecule has 0 aromatic heterocycles. The minimum atomic E-state index is 0.651. The lowest BCUT2D eigenvalue weighted by molar-refractivity contribution is 1.24. The van der Waals surface area contributed by atoms with Gasteiger partial charge in [-0.1, -0.05) is 6.08 Å². The zero-order chi connectivity index (χ0) is 6.24. The molecule has 0 atom stereocenters. The van der Waals surface area contributed by atoms with Gasteiger partial charge in [-0.25, -0.2) is 0 Å². The van der Waals surface area contributed by atoms with Crippen LogP contribution in [0.2, 0.25) is 0 Å². The molecule has 0 aliphatic rings. The van der Waals surface area contributed by atoms with Crippen molar-refractivity contribution < 1.29 is 0 Å². The largest absolute Gasteiger partial charge is 0.198 e. The lowest BCUT2D eigenvalue weighted by atomic mass is 10.6. The Morgan fingerprint density at radius 1 is 1.75 bits per heavy atom. The van der Waals surface area contributed by atoms with Crippen LogP contribution >= 0.6 is 11.8 Å². The first-order chi connectivity index (χ1) is 3.91. The molecule has 0 saturated carbocycles. The highest BCUT2D eigenvalue weighted by atomic mass is 32.2. The van der Waals surface area contributed by atoms with Crippen LogP contribution in [-0.2, 0) is 0 Å². The molecule has 0 saturated heterocycles. The van der Waals surface area contributed by atoms with Crippen LogP contribution in [0.1, 0.15) is 6.42 Å². The maximum atomic E-state index is 8.08. The van der Waals surface area contributed by atoms with Crippen molar-refractivity contribution in [1.29, 1.82) is 5.26 Å². The van der Waals surface area contributed by atoms with Crippen LogP contribution in [-0.4, -0.2) is 11.5 Å². The quantitative estimate of drug-likeness (QED) is 0.425. The highest BCUT2D eigenvalue weighted by Crippen LogP contribution is 2.00. The summed E-state index contributed by atoms with van der Waals surface area (Å²) in [5, 5.41) is 8.08. The molecule has 0 aromatic rings. The van der Waals surface area contributed by atoms with E-state index in [1.807, 2.05) is 6.08 Å². The van der Waals surface area contributed by atoms with Crippen LogP contribution in [0.15, 0.2) is 12.7 Å². The smallest absolute Gasteiger partial charge is 0.0630 e. The lowest BCUT2D eigenvalue weighted by Crippen LogP contribution is -1.75. The molecule has 0 aliphatic carbocycles.